The summed E-state index contributed by atoms with van der Waals surface area (Å²) in [5.74, 6) is 5.38. The van der Waals surface area contributed by atoms with Gasteiger partial charge in [-0.15, -0.1) is 0 Å². The molecule has 0 aliphatic carbocycles. The molecule has 0 saturated carbocycles. The van der Waals surface area contributed by atoms with E-state index in [9.17, 15) is 4.79 Å². The maximum atomic E-state index is 11.5. The number of nitrogens with zero attached hydrogens (tertiary/aromatic N) is 2. The lowest BCUT2D eigenvalue weighted by atomic mass is 10.2. The van der Waals surface area contributed by atoms with Crippen LogP contribution in [-0.4, -0.2) is 9.66 Å². The number of hydrogen-bond donors (Lipinski definition) is 1. The Hall–Kier alpha value is -1.84. The fourth-order valence-electron chi connectivity index (χ4n) is 1.25. The van der Waals surface area contributed by atoms with E-state index in [2.05, 4.69) is 4.98 Å². The predicted molar refractivity (Wildman–Crippen MR) is 50.9 cm³/mol. The molecule has 13 heavy (non-hydrogen) atoms. The van der Waals surface area contributed by atoms with Crippen LogP contribution in [0.15, 0.2) is 29.3 Å². The summed E-state index contributed by atoms with van der Waals surface area (Å²) in [6.07, 6.45) is 1.32. The molecule has 0 amide bonds. The summed E-state index contributed by atoms with van der Waals surface area (Å²) in [5, 5.41) is 0.560. The molecule has 0 saturated heterocycles. The van der Waals surface area contributed by atoms with E-state index in [-0.39, 0.29) is 5.56 Å². The summed E-state index contributed by atoms with van der Waals surface area (Å²) in [7, 11) is 0. The van der Waals surface area contributed by atoms with Gasteiger partial charge in [0.25, 0.3) is 5.56 Å². The molecule has 0 aliphatic heterocycles. The van der Waals surface area contributed by atoms with E-state index in [0.717, 1.165) is 10.2 Å². The highest BCUT2D eigenvalue weighted by atomic mass is 16.1. The van der Waals surface area contributed by atoms with Gasteiger partial charge in [0.05, 0.1) is 10.9 Å². The minimum Gasteiger partial charge on any atom is -0.335 e. The number of nitrogen functional groups attached to an aromatic ring is 1. The number of aromatic nitrogens is 2. The standard InChI is InChI=1S/C9H9N3O/c1-6-2-3-8-7(4-6)9(13)12(10)5-11-8/h2-5H,10H2,1H3. The molecule has 0 unspecified atom stereocenters. The highest BCUT2D eigenvalue weighted by molar-refractivity contribution is 5.77. The zero-order valence-corrected chi connectivity index (χ0v) is 7.19. The quantitative estimate of drug-likeness (QED) is 0.590. The highest BCUT2D eigenvalue weighted by Crippen LogP contribution is 2.07. The maximum absolute atomic E-state index is 11.5. The molecule has 1 heterocycles. The van der Waals surface area contributed by atoms with E-state index in [1.54, 1.807) is 6.07 Å². The van der Waals surface area contributed by atoms with Crippen LogP contribution in [0.4, 0.5) is 0 Å². The number of aryl methyl sites for hydroxylation is 1. The van der Waals surface area contributed by atoms with Gasteiger partial charge in [-0.25, -0.2) is 9.66 Å². The molecule has 0 fully saturated rings. The molecular formula is C9H9N3O. The molecule has 0 atom stereocenters. The molecule has 2 N–H and O–H groups in total. The van der Waals surface area contributed by atoms with Gasteiger partial charge in [-0.05, 0) is 19.1 Å². The second kappa shape index (κ2) is 2.58. The molecule has 0 spiro atoms. The Labute approximate surface area is 74.6 Å². The van der Waals surface area contributed by atoms with E-state index >= 15 is 0 Å². The predicted octanol–water partition coefficient (Wildman–Crippen LogP) is 0.419. The Balaban J connectivity index is 2.97. The fraction of sp³-hybridized carbons (Fsp3) is 0.111. The molecule has 0 aliphatic rings. The summed E-state index contributed by atoms with van der Waals surface area (Å²) < 4.78 is 0.988. The third-order valence-electron chi connectivity index (χ3n) is 1.94. The zero-order chi connectivity index (χ0) is 9.42. The molecule has 2 aromatic rings. The Morgan fingerprint density at radius 2 is 2.23 bits per heavy atom. The van der Waals surface area contributed by atoms with E-state index in [1.165, 1.54) is 6.33 Å². The first-order chi connectivity index (χ1) is 6.18. The van der Waals surface area contributed by atoms with Gasteiger partial charge in [0, 0.05) is 0 Å². The lowest BCUT2D eigenvalue weighted by molar-refractivity contribution is 0.913. The van der Waals surface area contributed by atoms with Crippen molar-refractivity contribution in [1.82, 2.24) is 9.66 Å². The van der Waals surface area contributed by atoms with Gasteiger partial charge in [-0.1, -0.05) is 11.6 Å². The summed E-state index contributed by atoms with van der Waals surface area (Å²) in [4.78, 5) is 15.5. The minimum absolute atomic E-state index is 0.214. The lowest BCUT2D eigenvalue weighted by Crippen LogP contribution is -2.27. The van der Waals surface area contributed by atoms with Crippen molar-refractivity contribution in [3.63, 3.8) is 0 Å². The number of hydrogen-bond acceptors (Lipinski definition) is 3. The number of fused-ring (bicyclic) bond motifs is 1. The Morgan fingerprint density at radius 3 is 3.00 bits per heavy atom. The molecule has 1 aromatic carbocycles. The topological polar surface area (TPSA) is 60.9 Å². The van der Waals surface area contributed by atoms with Crippen molar-refractivity contribution in [1.29, 1.82) is 0 Å². The average Bonchev–Trinajstić information content (AvgIpc) is 2.12. The van der Waals surface area contributed by atoms with Gasteiger partial charge in [-0.3, -0.25) is 4.79 Å². The third kappa shape index (κ3) is 1.16. The first-order valence-electron chi connectivity index (χ1n) is 3.91. The van der Waals surface area contributed by atoms with Crippen LogP contribution < -0.4 is 11.4 Å². The van der Waals surface area contributed by atoms with Crippen molar-refractivity contribution >= 4 is 10.9 Å². The Morgan fingerprint density at radius 1 is 1.46 bits per heavy atom. The van der Waals surface area contributed by atoms with Crippen molar-refractivity contribution < 1.29 is 0 Å². The number of benzene rings is 1. The minimum atomic E-state index is -0.214. The normalized spacial score (nSPS) is 10.5. The first-order valence-corrected chi connectivity index (χ1v) is 3.91. The van der Waals surface area contributed by atoms with Crippen LogP contribution in [0, 0.1) is 6.92 Å². The second-order valence-corrected chi connectivity index (χ2v) is 2.98. The number of rotatable bonds is 0. The van der Waals surface area contributed by atoms with E-state index in [0.29, 0.717) is 10.9 Å². The molecular weight excluding hydrogens is 166 g/mol. The van der Waals surface area contributed by atoms with Crippen LogP contribution in [0.25, 0.3) is 10.9 Å². The summed E-state index contributed by atoms with van der Waals surface area (Å²) >= 11 is 0. The molecule has 1 aromatic heterocycles. The summed E-state index contributed by atoms with van der Waals surface area (Å²) in [5.41, 5.74) is 1.49. The monoisotopic (exact) mass is 175 g/mol. The van der Waals surface area contributed by atoms with Crippen LogP contribution in [-0.2, 0) is 0 Å². The van der Waals surface area contributed by atoms with Gasteiger partial charge >= 0.3 is 0 Å². The Bertz CT molecular complexity index is 510. The Kier molecular flexibility index (Phi) is 1.55. The van der Waals surface area contributed by atoms with Gasteiger partial charge in [-0.2, -0.15) is 0 Å². The van der Waals surface area contributed by atoms with Crippen LogP contribution in [0.5, 0.6) is 0 Å². The second-order valence-electron chi connectivity index (χ2n) is 2.98. The average molecular weight is 175 g/mol. The first kappa shape index (κ1) is 7.79. The van der Waals surface area contributed by atoms with Crippen LogP contribution in [0.3, 0.4) is 0 Å². The highest BCUT2D eigenvalue weighted by Gasteiger charge is 2.00. The molecule has 2 rings (SSSR count). The molecule has 0 radical (unpaired) electrons. The van der Waals surface area contributed by atoms with E-state index in [4.69, 9.17) is 5.84 Å². The molecule has 0 bridgehead atoms. The van der Waals surface area contributed by atoms with Crippen molar-refractivity contribution in [3.05, 3.63) is 40.4 Å². The van der Waals surface area contributed by atoms with Gasteiger partial charge in [0.15, 0.2) is 0 Å². The third-order valence-corrected chi connectivity index (χ3v) is 1.94. The lowest BCUT2D eigenvalue weighted by Gasteiger charge is -2.00. The van der Waals surface area contributed by atoms with Crippen molar-refractivity contribution in [2.75, 3.05) is 5.84 Å². The van der Waals surface area contributed by atoms with Gasteiger partial charge in [0.2, 0.25) is 0 Å². The smallest absolute Gasteiger partial charge is 0.279 e. The molecule has 4 nitrogen and oxygen atoms in total. The van der Waals surface area contributed by atoms with Crippen molar-refractivity contribution in [2.45, 2.75) is 6.92 Å². The fourth-order valence-corrected chi connectivity index (χ4v) is 1.25. The van der Waals surface area contributed by atoms with Crippen LogP contribution in [0.1, 0.15) is 5.56 Å². The molecule has 4 heteroatoms. The summed E-state index contributed by atoms with van der Waals surface area (Å²) in [6, 6.07) is 5.51. The van der Waals surface area contributed by atoms with Crippen molar-refractivity contribution in [2.24, 2.45) is 0 Å². The van der Waals surface area contributed by atoms with Gasteiger partial charge < -0.3 is 5.84 Å². The van der Waals surface area contributed by atoms with E-state index in [1.807, 2.05) is 19.1 Å². The summed E-state index contributed by atoms with van der Waals surface area (Å²) in [6.45, 7) is 1.92. The SMILES string of the molecule is Cc1ccc2ncn(N)c(=O)c2c1. The maximum Gasteiger partial charge on any atom is 0.279 e. The van der Waals surface area contributed by atoms with E-state index < -0.39 is 0 Å². The zero-order valence-electron chi connectivity index (χ0n) is 7.19. The largest absolute Gasteiger partial charge is 0.335 e. The number of nitrogens with two attached hydrogens (primary N) is 1. The van der Waals surface area contributed by atoms with Crippen molar-refractivity contribution in [3.8, 4) is 0 Å². The van der Waals surface area contributed by atoms with Crippen LogP contribution >= 0.6 is 0 Å². The van der Waals surface area contributed by atoms with Gasteiger partial charge in [0.1, 0.15) is 6.33 Å². The van der Waals surface area contributed by atoms with Crippen LogP contribution in [0.2, 0.25) is 0 Å². The molecule has 66 valence electrons.